The Morgan fingerprint density at radius 1 is 0.660 bits per heavy atom. The van der Waals surface area contributed by atoms with Crippen molar-refractivity contribution in [2.75, 3.05) is 6.61 Å². The SMILES string of the molecule is CC(=O)OC[C@]12[C@H](OC(=O)c3ccccc3)[C@H](OC(C)=O)C[C@H](C)[C@@]13OC(C)(C)[C@@H]([C@H](OC(=O)c1ccccc1)[C@@H]2OC(C)=O)[C@@H]3OC(C)=O. The zero-order valence-electron chi connectivity index (χ0n) is 29.0. The lowest BCUT2D eigenvalue weighted by molar-refractivity contribution is -0.328. The van der Waals surface area contributed by atoms with Crippen molar-refractivity contribution in [2.45, 2.75) is 96.6 Å². The average Bonchev–Trinajstić information content (AvgIpc) is 3.24. The number of esters is 6. The molecule has 13 nitrogen and oxygen atoms in total. The molecule has 13 heteroatoms. The summed E-state index contributed by atoms with van der Waals surface area (Å²) in [5.74, 6) is -6.30. The van der Waals surface area contributed by atoms with Crippen molar-refractivity contribution in [2.24, 2.45) is 17.3 Å². The van der Waals surface area contributed by atoms with E-state index in [1.165, 1.54) is 38.1 Å². The van der Waals surface area contributed by atoms with E-state index in [4.69, 9.17) is 33.2 Å². The summed E-state index contributed by atoms with van der Waals surface area (Å²) in [6.07, 6.45) is -7.03. The van der Waals surface area contributed by atoms with Crippen LogP contribution in [0.3, 0.4) is 0 Å². The van der Waals surface area contributed by atoms with Crippen LogP contribution < -0.4 is 0 Å². The van der Waals surface area contributed by atoms with Gasteiger partial charge in [-0.05, 0) is 50.5 Å². The monoisotopic (exact) mass is 694 g/mol. The van der Waals surface area contributed by atoms with Crippen LogP contribution >= 0.6 is 0 Å². The van der Waals surface area contributed by atoms with Crippen LogP contribution in [-0.4, -0.2) is 84.1 Å². The van der Waals surface area contributed by atoms with Crippen molar-refractivity contribution in [3.8, 4) is 0 Å². The molecular weight excluding hydrogens is 652 g/mol. The molecule has 2 bridgehead atoms. The summed E-state index contributed by atoms with van der Waals surface area (Å²) in [7, 11) is 0. The largest absolute Gasteiger partial charge is 0.465 e. The van der Waals surface area contributed by atoms with E-state index in [2.05, 4.69) is 0 Å². The predicted molar refractivity (Wildman–Crippen MR) is 172 cm³/mol. The molecule has 3 aliphatic rings. The summed E-state index contributed by atoms with van der Waals surface area (Å²) < 4.78 is 43.4. The van der Waals surface area contributed by atoms with E-state index < -0.39 is 101 Å². The van der Waals surface area contributed by atoms with Crippen LogP contribution in [0.25, 0.3) is 0 Å². The standard InChI is InChI=1S/C37H42O13/c1-20-18-27(45-22(3)39)30(49-34(43)26-16-12-9-13-17-26)36(19-44-21(2)38)32(47-24(5)41)29(48-33(42)25-14-10-8-11-15-25)28-31(46-23(4)40)37(20,36)50-35(28,6)7/h8-17,20,27-32H,18-19H2,1-7H3/t20-,27+,28-,29-,30+,31-,32-,36+,37-/m0/s1. The molecule has 1 heterocycles. The molecule has 3 fully saturated rings. The minimum atomic E-state index is -2.02. The Labute approximate surface area is 289 Å². The van der Waals surface area contributed by atoms with Gasteiger partial charge in [-0.3, -0.25) is 19.2 Å². The third-order valence-corrected chi connectivity index (χ3v) is 9.95. The second kappa shape index (κ2) is 13.9. The van der Waals surface area contributed by atoms with Crippen molar-refractivity contribution in [1.29, 1.82) is 0 Å². The maximum atomic E-state index is 14.0. The molecule has 1 saturated heterocycles. The van der Waals surface area contributed by atoms with E-state index in [0.717, 1.165) is 13.8 Å². The molecule has 0 unspecified atom stereocenters. The lowest BCUT2D eigenvalue weighted by atomic mass is 9.47. The summed E-state index contributed by atoms with van der Waals surface area (Å²) in [4.78, 5) is 79.2. The molecule has 9 atom stereocenters. The number of hydrogen-bond donors (Lipinski definition) is 0. The van der Waals surface area contributed by atoms with Crippen molar-refractivity contribution in [3.05, 3.63) is 71.8 Å². The maximum Gasteiger partial charge on any atom is 0.338 e. The van der Waals surface area contributed by atoms with Crippen molar-refractivity contribution < 1.29 is 61.9 Å². The van der Waals surface area contributed by atoms with E-state index in [0.29, 0.717) is 0 Å². The fraction of sp³-hybridized carbons (Fsp3) is 0.514. The molecule has 2 aromatic rings. The van der Waals surface area contributed by atoms with Gasteiger partial charge in [0.15, 0.2) is 12.2 Å². The van der Waals surface area contributed by atoms with Gasteiger partial charge in [-0.2, -0.15) is 0 Å². The Balaban J connectivity index is 1.85. The smallest absolute Gasteiger partial charge is 0.338 e. The highest BCUT2D eigenvalue weighted by molar-refractivity contribution is 5.90. The van der Waals surface area contributed by atoms with Gasteiger partial charge in [-0.15, -0.1) is 0 Å². The average molecular weight is 695 g/mol. The van der Waals surface area contributed by atoms with Crippen LogP contribution in [0.15, 0.2) is 60.7 Å². The molecule has 0 amide bonds. The van der Waals surface area contributed by atoms with Gasteiger partial charge in [0.05, 0.1) is 22.6 Å². The van der Waals surface area contributed by atoms with Crippen LogP contribution in [0.2, 0.25) is 0 Å². The third-order valence-electron chi connectivity index (χ3n) is 9.95. The van der Waals surface area contributed by atoms with Gasteiger partial charge >= 0.3 is 35.8 Å². The Bertz CT molecular complexity index is 1640. The molecule has 5 rings (SSSR count). The van der Waals surface area contributed by atoms with E-state index in [1.807, 2.05) is 0 Å². The van der Waals surface area contributed by atoms with E-state index >= 15 is 0 Å². The minimum absolute atomic E-state index is 0.0238. The summed E-state index contributed by atoms with van der Waals surface area (Å²) in [5.41, 5.74) is -4.72. The van der Waals surface area contributed by atoms with E-state index in [9.17, 15) is 28.8 Å². The second-order valence-corrected chi connectivity index (χ2v) is 13.6. The van der Waals surface area contributed by atoms with Gasteiger partial charge in [0.1, 0.15) is 35.9 Å². The highest BCUT2D eigenvalue weighted by atomic mass is 16.6. The number of carbonyl (C=O) groups excluding carboxylic acids is 6. The highest BCUT2D eigenvalue weighted by Crippen LogP contribution is 2.68. The molecule has 0 radical (unpaired) electrons. The lowest BCUT2D eigenvalue weighted by Gasteiger charge is -2.64. The second-order valence-electron chi connectivity index (χ2n) is 13.6. The van der Waals surface area contributed by atoms with Crippen LogP contribution in [-0.2, 0) is 52.3 Å². The molecule has 268 valence electrons. The quantitative estimate of drug-likeness (QED) is 0.273. The zero-order valence-corrected chi connectivity index (χ0v) is 29.0. The molecular formula is C37H42O13. The Morgan fingerprint density at radius 3 is 1.66 bits per heavy atom. The van der Waals surface area contributed by atoms with Gasteiger partial charge in [0.2, 0.25) is 0 Å². The predicted octanol–water partition coefficient (Wildman–Crippen LogP) is 4.00. The van der Waals surface area contributed by atoms with Crippen molar-refractivity contribution >= 4 is 35.8 Å². The molecule has 0 N–H and O–H groups in total. The first-order chi connectivity index (χ1) is 23.5. The first-order valence-electron chi connectivity index (χ1n) is 16.4. The van der Waals surface area contributed by atoms with Gasteiger partial charge in [-0.1, -0.05) is 43.3 Å². The number of hydrogen-bond acceptors (Lipinski definition) is 13. The molecule has 0 aromatic heterocycles. The summed E-state index contributed by atoms with van der Waals surface area (Å²) in [6.45, 7) is 9.25. The van der Waals surface area contributed by atoms with E-state index in [-0.39, 0.29) is 17.5 Å². The van der Waals surface area contributed by atoms with Crippen LogP contribution in [0, 0.1) is 17.3 Å². The first-order valence-corrected chi connectivity index (χ1v) is 16.4. The Morgan fingerprint density at radius 2 is 1.16 bits per heavy atom. The lowest BCUT2D eigenvalue weighted by Crippen LogP contribution is -2.81. The molecule has 50 heavy (non-hydrogen) atoms. The minimum Gasteiger partial charge on any atom is -0.465 e. The molecule has 2 aliphatic carbocycles. The third kappa shape index (κ3) is 6.34. The fourth-order valence-corrected chi connectivity index (χ4v) is 8.38. The van der Waals surface area contributed by atoms with Crippen LogP contribution in [0.4, 0.5) is 0 Å². The number of carbonyl (C=O) groups is 6. The normalized spacial score (nSPS) is 32.0. The molecule has 2 saturated carbocycles. The number of benzene rings is 2. The number of rotatable bonds is 9. The highest BCUT2D eigenvalue weighted by Gasteiger charge is 2.85. The zero-order chi connectivity index (χ0) is 36.6. The van der Waals surface area contributed by atoms with E-state index in [1.54, 1.807) is 57.2 Å². The van der Waals surface area contributed by atoms with Crippen LogP contribution in [0.5, 0.6) is 0 Å². The topological polar surface area (TPSA) is 167 Å². The fourth-order valence-electron chi connectivity index (χ4n) is 8.38. The maximum absolute atomic E-state index is 14.0. The van der Waals surface area contributed by atoms with Crippen LogP contribution in [0.1, 0.15) is 75.6 Å². The van der Waals surface area contributed by atoms with Crippen molar-refractivity contribution in [1.82, 2.24) is 0 Å². The molecule has 1 spiro atoms. The summed E-state index contributed by atoms with van der Waals surface area (Å²) in [5, 5.41) is 0. The Hall–Kier alpha value is -4.78. The summed E-state index contributed by atoms with van der Waals surface area (Å²) in [6, 6.07) is 16.1. The molecule has 2 aromatic carbocycles. The number of ether oxygens (including phenoxy) is 7. The summed E-state index contributed by atoms with van der Waals surface area (Å²) >= 11 is 0. The van der Waals surface area contributed by atoms with Gasteiger partial charge < -0.3 is 33.2 Å². The van der Waals surface area contributed by atoms with Gasteiger partial charge in [0, 0.05) is 27.7 Å². The Kier molecular flexibility index (Phi) is 10.1. The van der Waals surface area contributed by atoms with Gasteiger partial charge in [0.25, 0.3) is 0 Å². The van der Waals surface area contributed by atoms with Crippen molar-refractivity contribution in [3.63, 3.8) is 0 Å². The molecule has 1 aliphatic heterocycles. The first kappa shape index (κ1) is 36.5. The number of fused-ring (bicyclic) bond motifs is 1. The van der Waals surface area contributed by atoms with Gasteiger partial charge in [-0.25, -0.2) is 9.59 Å².